The van der Waals surface area contributed by atoms with Crippen molar-refractivity contribution in [1.29, 1.82) is 0 Å². The third-order valence-corrected chi connectivity index (χ3v) is 3.18. The zero-order valence-electron chi connectivity index (χ0n) is 11.3. The predicted molar refractivity (Wildman–Crippen MR) is 77.2 cm³/mol. The number of anilines is 1. The maximum atomic E-state index is 10.9. The molecule has 0 saturated heterocycles. The molecule has 2 heterocycles. The Morgan fingerprint density at radius 3 is 2.76 bits per heavy atom. The van der Waals surface area contributed by atoms with Gasteiger partial charge in [-0.1, -0.05) is 0 Å². The molecule has 3 aromatic rings. The molecule has 1 atom stereocenters. The molecule has 0 fully saturated rings. The molecule has 6 heteroatoms. The highest BCUT2D eigenvalue weighted by molar-refractivity contribution is 5.92. The lowest BCUT2D eigenvalue weighted by atomic mass is 10.1. The average molecular weight is 283 g/mol. The van der Waals surface area contributed by atoms with Crippen LogP contribution in [0.15, 0.2) is 47.1 Å². The van der Waals surface area contributed by atoms with Gasteiger partial charge < -0.3 is 14.8 Å². The summed E-state index contributed by atoms with van der Waals surface area (Å²) in [4.78, 5) is 19.2. The second-order valence-corrected chi connectivity index (χ2v) is 4.65. The van der Waals surface area contributed by atoms with Crippen molar-refractivity contribution in [2.75, 3.05) is 5.32 Å². The molecule has 0 radical (unpaired) electrons. The highest BCUT2D eigenvalue weighted by Gasteiger charge is 2.12. The van der Waals surface area contributed by atoms with Crippen LogP contribution in [-0.4, -0.2) is 21.0 Å². The number of hydrogen-bond acceptors (Lipinski definition) is 5. The topological polar surface area (TPSA) is 88.2 Å². The van der Waals surface area contributed by atoms with Gasteiger partial charge in [-0.15, -0.1) is 0 Å². The molecule has 0 saturated carbocycles. The minimum absolute atomic E-state index is 0.00000593. The van der Waals surface area contributed by atoms with Gasteiger partial charge in [-0.25, -0.2) is 4.79 Å². The van der Waals surface area contributed by atoms with Gasteiger partial charge in [0.25, 0.3) is 6.01 Å². The maximum Gasteiger partial charge on any atom is 0.335 e. The zero-order valence-corrected chi connectivity index (χ0v) is 11.3. The van der Waals surface area contributed by atoms with Gasteiger partial charge in [0.05, 0.1) is 11.6 Å². The number of fused-ring (bicyclic) bond motifs is 1. The Morgan fingerprint density at radius 2 is 2.05 bits per heavy atom. The van der Waals surface area contributed by atoms with E-state index in [1.54, 1.807) is 18.5 Å². The number of nitrogens with one attached hydrogen (secondary N) is 1. The highest BCUT2D eigenvalue weighted by Crippen LogP contribution is 2.23. The predicted octanol–water partition coefficient (Wildman–Crippen LogP) is 3.09. The molecule has 1 unspecified atom stereocenters. The van der Waals surface area contributed by atoms with Crippen molar-refractivity contribution in [2.45, 2.75) is 13.0 Å². The fraction of sp³-hybridized carbons (Fsp3) is 0.133. The van der Waals surface area contributed by atoms with Gasteiger partial charge >= 0.3 is 5.97 Å². The van der Waals surface area contributed by atoms with E-state index in [0.29, 0.717) is 17.1 Å². The first-order valence-corrected chi connectivity index (χ1v) is 6.44. The second-order valence-electron chi connectivity index (χ2n) is 4.65. The van der Waals surface area contributed by atoms with Crippen LogP contribution in [0.25, 0.3) is 11.1 Å². The van der Waals surface area contributed by atoms with E-state index in [0.717, 1.165) is 5.56 Å². The van der Waals surface area contributed by atoms with E-state index in [9.17, 15) is 4.79 Å². The van der Waals surface area contributed by atoms with Crippen LogP contribution in [0.3, 0.4) is 0 Å². The third kappa shape index (κ3) is 2.69. The molecule has 0 aliphatic rings. The van der Waals surface area contributed by atoms with Crippen LogP contribution in [0.1, 0.15) is 28.9 Å². The van der Waals surface area contributed by atoms with E-state index >= 15 is 0 Å². The molecule has 106 valence electrons. The monoisotopic (exact) mass is 283 g/mol. The lowest BCUT2D eigenvalue weighted by molar-refractivity contribution is 0.0697. The van der Waals surface area contributed by atoms with E-state index in [4.69, 9.17) is 9.52 Å². The number of carboxylic acid groups (broad SMARTS) is 1. The molecule has 0 aliphatic carbocycles. The molecule has 0 bridgehead atoms. The van der Waals surface area contributed by atoms with Crippen molar-refractivity contribution in [2.24, 2.45) is 0 Å². The standard InChI is InChI=1S/C15H13N3O3/c1-9(10-4-6-16-7-5-10)17-15-18-12-3-2-11(14(19)20)8-13(12)21-15/h2-9H,1H3,(H,17,18)(H,19,20). The highest BCUT2D eigenvalue weighted by atomic mass is 16.4. The van der Waals surface area contributed by atoms with Gasteiger partial charge in [-0.3, -0.25) is 4.98 Å². The molecule has 0 amide bonds. The fourth-order valence-electron chi connectivity index (χ4n) is 2.04. The van der Waals surface area contributed by atoms with Crippen LogP contribution in [0.5, 0.6) is 0 Å². The van der Waals surface area contributed by atoms with Crippen LogP contribution < -0.4 is 5.32 Å². The first kappa shape index (κ1) is 13.1. The molecule has 3 rings (SSSR count). The van der Waals surface area contributed by atoms with E-state index < -0.39 is 5.97 Å². The number of oxazole rings is 1. The van der Waals surface area contributed by atoms with E-state index in [2.05, 4.69) is 15.3 Å². The van der Waals surface area contributed by atoms with Crippen LogP contribution in [0.2, 0.25) is 0 Å². The molecule has 21 heavy (non-hydrogen) atoms. The summed E-state index contributed by atoms with van der Waals surface area (Å²) in [5.74, 6) is -0.993. The van der Waals surface area contributed by atoms with Crippen molar-refractivity contribution >= 4 is 23.1 Å². The van der Waals surface area contributed by atoms with Gasteiger partial charge in [-0.2, -0.15) is 4.98 Å². The first-order chi connectivity index (χ1) is 10.1. The lowest BCUT2D eigenvalue weighted by Crippen LogP contribution is -2.06. The number of pyridine rings is 1. The van der Waals surface area contributed by atoms with Gasteiger partial charge in [0.2, 0.25) is 0 Å². The van der Waals surface area contributed by atoms with Crippen molar-refractivity contribution in [3.8, 4) is 0 Å². The number of carbonyl (C=O) groups is 1. The Kier molecular flexibility index (Phi) is 3.27. The fourth-order valence-corrected chi connectivity index (χ4v) is 2.04. The molecule has 2 N–H and O–H groups in total. The summed E-state index contributed by atoms with van der Waals surface area (Å²) >= 11 is 0. The normalized spacial score (nSPS) is 12.2. The summed E-state index contributed by atoms with van der Waals surface area (Å²) in [7, 11) is 0. The van der Waals surface area contributed by atoms with Crippen LogP contribution in [0.4, 0.5) is 6.01 Å². The summed E-state index contributed by atoms with van der Waals surface area (Å²) < 4.78 is 5.55. The zero-order chi connectivity index (χ0) is 14.8. The number of hydrogen-bond donors (Lipinski definition) is 2. The molecule has 6 nitrogen and oxygen atoms in total. The van der Waals surface area contributed by atoms with Gasteiger partial charge in [-0.05, 0) is 42.8 Å². The second kappa shape index (κ2) is 5.24. The van der Waals surface area contributed by atoms with Crippen molar-refractivity contribution in [1.82, 2.24) is 9.97 Å². The van der Waals surface area contributed by atoms with Crippen molar-refractivity contribution in [3.05, 3.63) is 53.9 Å². The van der Waals surface area contributed by atoms with Crippen molar-refractivity contribution in [3.63, 3.8) is 0 Å². The Bertz CT molecular complexity index is 783. The summed E-state index contributed by atoms with van der Waals surface area (Å²) in [6, 6.07) is 8.77. The average Bonchev–Trinajstić information content (AvgIpc) is 2.89. The molecular formula is C15H13N3O3. The number of rotatable bonds is 4. The summed E-state index contributed by atoms with van der Waals surface area (Å²) in [5.41, 5.74) is 2.29. The maximum absolute atomic E-state index is 10.9. The molecule has 0 spiro atoms. The van der Waals surface area contributed by atoms with Crippen LogP contribution in [0, 0.1) is 0 Å². The molecule has 0 aliphatic heterocycles. The number of aromatic carboxylic acids is 1. The van der Waals surface area contributed by atoms with E-state index in [-0.39, 0.29) is 11.6 Å². The number of nitrogens with zero attached hydrogens (tertiary/aromatic N) is 2. The van der Waals surface area contributed by atoms with Gasteiger partial charge in [0.1, 0.15) is 5.52 Å². The van der Waals surface area contributed by atoms with E-state index in [1.165, 1.54) is 12.1 Å². The van der Waals surface area contributed by atoms with E-state index in [1.807, 2.05) is 19.1 Å². The minimum Gasteiger partial charge on any atom is -0.478 e. The minimum atomic E-state index is -0.993. The smallest absolute Gasteiger partial charge is 0.335 e. The Hall–Kier alpha value is -2.89. The SMILES string of the molecule is CC(Nc1nc2ccc(C(=O)O)cc2o1)c1ccncc1. The Morgan fingerprint density at radius 1 is 1.29 bits per heavy atom. The third-order valence-electron chi connectivity index (χ3n) is 3.18. The summed E-state index contributed by atoms with van der Waals surface area (Å²) in [6.45, 7) is 1.98. The lowest BCUT2D eigenvalue weighted by Gasteiger charge is -2.11. The number of carboxylic acids is 1. The quantitative estimate of drug-likeness (QED) is 0.765. The summed E-state index contributed by atoms with van der Waals surface area (Å²) in [5, 5.41) is 12.1. The first-order valence-electron chi connectivity index (χ1n) is 6.44. The number of benzene rings is 1. The number of aromatic nitrogens is 2. The van der Waals surface area contributed by atoms with Gasteiger partial charge in [0, 0.05) is 12.4 Å². The van der Waals surface area contributed by atoms with Crippen LogP contribution in [-0.2, 0) is 0 Å². The molecule has 1 aromatic carbocycles. The Labute approximate surface area is 120 Å². The summed E-state index contributed by atoms with van der Waals surface area (Å²) in [6.07, 6.45) is 3.44. The molecular weight excluding hydrogens is 270 g/mol. The van der Waals surface area contributed by atoms with Gasteiger partial charge in [0.15, 0.2) is 5.58 Å². The van der Waals surface area contributed by atoms with Crippen LogP contribution >= 0.6 is 0 Å². The van der Waals surface area contributed by atoms with Crippen molar-refractivity contribution < 1.29 is 14.3 Å². The molecule has 2 aromatic heterocycles. The largest absolute Gasteiger partial charge is 0.478 e. The Balaban J connectivity index is 1.86.